The van der Waals surface area contributed by atoms with Crippen LogP contribution in [0.3, 0.4) is 0 Å². The molecule has 2 aromatic carbocycles. The van der Waals surface area contributed by atoms with Gasteiger partial charge in [-0.1, -0.05) is 53.7 Å². The predicted molar refractivity (Wildman–Crippen MR) is 135 cm³/mol. The first-order valence-electron chi connectivity index (χ1n) is 11.0. The molecule has 2 aromatic heterocycles. The molecule has 0 spiro atoms. The molecular formula is C24H24ClN7OS. The molecule has 5 rings (SSSR count). The van der Waals surface area contributed by atoms with Gasteiger partial charge in [0, 0.05) is 17.6 Å². The van der Waals surface area contributed by atoms with Crippen molar-refractivity contribution in [2.75, 3.05) is 5.75 Å². The third kappa shape index (κ3) is 4.52. The molecule has 0 saturated carbocycles. The van der Waals surface area contributed by atoms with E-state index in [4.69, 9.17) is 21.6 Å². The van der Waals surface area contributed by atoms with Gasteiger partial charge in [-0.15, -0.1) is 0 Å². The first kappa shape index (κ1) is 22.8. The number of rotatable bonds is 6. The summed E-state index contributed by atoms with van der Waals surface area (Å²) < 4.78 is 1.78. The number of hydrogen-bond acceptors (Lipinski definition) is 7. The average Bonchev–Trinajstić information content (AvgIpc) is 3.42. The van der Waals surface area contributed by atoms with E-state index in [-0.39, 0.29) is 29.8 Å². The Balaban J connectivity index is 1.49. The highest BCUT2D eigenvalue weighted by Gasteiger charge is 2.31. The van der Waals surface area contributed by atoms with Gasteiger partial charge in [0.1, 0.15) is 5.03 Å². The Labute approximate surface area is 206 Å². The Morgan fingerprint density at radius 2 is 1.76 bits per heavy atom. The van der Waals surface area contributed by atoms with Crippen molar-refractivity contribution in [3.8, 4) is 17.1 Å². The van der Waals surface area contributed by atoms with Gasteiger partial charge in [0.05, 0.1) is 34.1 Å². The maximum Gasteiger partial charge on any atom is 0.230 e. The van der Waals surface area contributed by atoms with E-state index in [1.54, 1.807) is 10.9 Å². The first-order chi connectivity index (χ1) is 16.5. The monoisotopic (exact) mass is 493 g/mol. The van der Waals surface area contributed by atoms with E-state index >= 15 is 0 Å². The van der Waals surface area contributed by atoms with Gasteiger partial charge in [-0.2, -0.15) is 5.10 Å². The van der Waals surface area contributed by atoms with Crippen LogP contribution in [0.4, 0.5) is 0 Å². The van der Waals surface area contributed by atoms with E-state index < -0.39 is 0 Å². The molecule has 2 atom stereocenters. The second-order valence-electron chi connectivity index (χ2n) is 8.21. The Kier molecular flexibility index (Phi) is 6.51. The number of hydrazine groups is 1. The highest BCUT2D eigenvalue weighted by atomic mass is 35.5. The summed E-state index contributed by atoms with van der Waals surface area (Å²) in [6.45, 7) is 4.08. The van der Waals surface area contributed by atoms with Gasteiger partial charge in [0.15, 0.2) is 11.5 Å². The molecule has 8 nitrogen and oxygen atoms in total. The van der Waals surface area contributed by atoms with Gasteiger partial charge in [-0.05, 0) is 38.1 Å². The molecule has 1 aliphatic heterocycles. The van der Waals surface area contributed by atoms with Crippen molar-refractivity contribution in [3.63, 3.8) is 0 Å². The molecule has 1 aliphatic rings. The van der Waals surface area contributed by atoms with Crippen molar-refractivity contribution < 1.29 is 4.79 Å². The van der Waals surface area contributed by atoms with Gasteiger partial charge >= 0.3 is 0 Å². The lowest BCUT2D eigenvalue weighted by atomic mass is 10.1. The van der Waals surface area contributed by atoms with Gasteiger partial charge < -0.3 is 5.32 Å². The van der Waals surface area contributed by atoms with Crippen LogP contribution in [0.2, 0.25) is 5.02 Å². The van der Waals surface area contributed by atoms with E-state index in [1.165, 1.54) is 11.8 Å². The number of halogens is 1. The first-order valence-corrected chi connectivity index (χ1v) is 12.4. The van der Waals surface area contributed by atoms with Crippen LogP contribution in [0.15, 0.2) is 65.8 Å². The highest BCUT2D eigenvalue weighted by molar-refractivity contribution is 8.00. The van der Waals surface area contributed by atoms with Crippen molar-refractivity contribution in [2.45, 2.75) is 37.0 Å². The minimum Gasteiger partial charge on any atom is -0.349 e. The third-order valence-corrected chi connectivity index (χ3v) is 7.11. The maximum absolute atomic E-state index is 12.8. The SMILES string of the molecule is CC1NNC(C)C1NC(=O)CSc1nc(-c2ccccc2Cl)nc2c1cnn2-c1ccccc1. The molecular weight excluding hydrogens is 470 g/mol. The van der Waals surface area contributed by atoms with Gasteiger partial charge in [0.2, 0.25) is 5.91 Å². The van der Waals surface area contributed by atoms with E-state index in [9.17, 15) is 4.79 Å². The summed E-state index contributed by atoms with van der Waals surface area (Å²) in [4.78, 5) is 22.4. The molecule has 4 aromatic rings. The molecule has 1 amide bonds. The number of carbonyl (C=O) groups is 1. The van der Waals surface area contributed by atoms with Crippen LogP contribution >= 0.6 is 23.4 Å². The zero-order valence-corrected chi connectivity index (χ0v) is 20.3. The summed E-state index contributed by atoms with van der Waals surface area (Å²) >= 11 is 7.82. The predicted octanol–water partition coefficient (Wildman–Crippen LogP) is 3.60. The third-order valence-electron chi connectivity index (χ3n) is 5.79. The van der Waals surface area contributed by atoms with Crippen LogP contribution < -0.4 is 16.2 Å². The van der Waals surface area contributed by atoms with Crippen LogP contribution in [-0.4, -0.2) is 49.5 Å². The summed E-state index contributed by atoms with van der Waals surface area (Å²) in [6, 6.07) is 17.6. The lowest BCUT2D eigenvalue weighted by Gasteiger charge is -2.19. The number of para-hydroxylation sites is 1. The topological polar surface area (TPSA) is 96.8 Å². The fourth-order valence-electron chi connectivity index (χ4n) is 4.00. The second-order valence-corrected chi connectivity index (χ2v) is 9.58. The number of carbonyl (C=O) groups excluding carboxylic acids is 1. The van der Waals surface area contributed by atoms with E-state index in [2.05, 4.69) is 21.3 Å². The lowest BCUT2D eigenvalue weighted by Crippen LogP contribution is -2.47. The van der Waals surface area contributed by atoms with Crippen LogP contribution in [-0.2, 0) is 4.79 Å². The summed E-state index contributed by atoms with van der Waals surface area (Å²) in [7, 11) is 0. The molecule has 1 saturated heterocycles. The molecule has 3 heterocycles. The summed E-state index contributed by atoms with van der Waals surface area (Å²) in [6.07, 6.45) is 1.74. The smallest absolute Gasteiger partial charge is 0.230 e. The Morgan fingerprint density at radius 3 is 2.50 bits per heavy atom. The number of amides is 1. The summed E-state index contributed by atoms with van der Waals surface area (Å²) in [5, 5.41) is 9.70. The van der Waals surface area contributed by atoms with Gasteiger partial charge in [0.25, 0.3) is 0 Å². The number of nitrogens with one attached hydrogen (secondary N) is 3. The quantitative estimate of drug-likeness (QED) is 0.279. The molecule has 3 N–H and O–H groups in total. The minimum absolute atomic E-state index is 0.0121. The maximum atomic E-state index is 12.8. The Bertz CT molecular complexity index is 1320. The normalized spacial score (nSPS) is 20.0. The van der Waals surface area contributed by atoms with Crippen LogP contribution in [0.5, 0.6) is 0 Å². The van der Waals surface area contributed by atoms with Gasteiger partial charge in [-0.3, -0.25) is 15.6 Å². The zero-order valence-electron chi connectivity index (χ0n) is 18.7. The van der Waals surface area contributed by atoms with Crippen LogP contribution in [0.1, 0.15) is 13.8 Å². The van der Waals surface area contributed by atoms with E-state index in [1.807, 2.05) is 68.4 Å². The van der Waals surface area contributed by atoms with Crippen molar-refractivity contribution in [3.05, 3.63) is 65.8 Å². The number of hydrogen-bond donors (Lipinski definition) is 3. The Hall–Kier alpha value is -2.98. The number of thioether (sulfide) groups is 1. The van der Waals surface area contributed by atoms with Crippen molar-refractivity contribution in [2.24, 2.45) is 0 Å². The Morgan fingerprint density at radius 1 is 1.06 bits per heavy atom. The van der Waals surface area contributed by atoms with E-state index in [0.717, 1.165) is 16.6 Å². The van der Waals surface area contributed by atoms with Crippen LogP contribution in [0.25, 0.3) is 28.1 Å². The number of aromatic nitrogens is 4. The van der Waals surface area contributed by atoms with Crippen molar-refractivity contribution >= 4 is 40.3 Å². The fraction of sp³-hybridized carbons (Fsp3) is 0.250. The minimum atomic E-state index is -0.0549. The van der Waals surface area contributed by atoms with E-state index in [0.29, 0.717) is 21.5 Å². The largest absolute Gasteiger partial charge is 0.349 e. The zero-order chi connectivity index (χ0) is 23.7. The number of fused-ring (bicyclic) bond motifs is 1. The molecule has 10 heteroatoms. The molecule has 0 bridgehead atoms. The summed E-state index contributed by atoms with van der Waals surface area (Å²) in [5.41, 5.74) is 8.58. The molecule has 2 unspecified atom stereocenters. The lowest BCUT2D eigenvalue weighted by molar-refractivity contribution is -0.119. The average molecular weight is 494 g/mol. The van der Waals surface area contributed by atoms with Crippen molar-refractivity contribution in [1.82, 2.24) is 35.9 Å². The van der Waals surface area contributed by atoms with Crippen LogP contribution in [0, 0.1) is 0 Å². The summed E-state index contributed by atoms with van der Waals surface area (Å²) in [5.74, 6) is 0.659. The number of benzene rings is 2. The fourth-order valence-corrected chi connectivity index (χ4v) is 5.02. The molecule has 174 valence electrons. The molecule has 0 aliphatic carbocycles. The van der Waals surface area contributed by atoms with Crippen molar-refractivity contribution in [1.29, 1.82) is 0 Å². The standard InChI is InChI=1S/C24H24ClN7OS/c1-14-21(15(2)31-30-14)27-20(33)13-34-24-18-12-26-32(16-8-4-3-5-9-16)23(18)28-22(29-24)17-10-6-7-11-19(17)25/h3-12,14-15,21,30-31H,13H2,1-2H3,(H,27,33). The van der Waals surface area contributed by atoms with Gasteiger partial charge in [-0.25, -0.2) is 14.6 Å². The number of nitrogens with zero attached hydrogens (tertiary/aromatic N) is 4. The molecule has 34 heavy (non-hydrogen) atoms. The highest BCUT2D eigenvalue weighted by Crippen LogP contribution is 2.32. The molecule has 0 radical (unpaired) electrons. The molecule has 1 fully saturated rings. The second kappa shape index (κ2) is 9.71.